The Hall–Kier alpha value is -1.85. The van der Waals surface area contributed by atoms with Crippen molar-refractivity contribution >= 4 is 11.8 Å². The van der Waals surface area contributed by atoms with Crippen LogP contribution in [-0.2, 0) is 11.8 Å². The molecule has 1 aliphatic carbocycles. The van der Waals surface area contributed by atoms with Crippen LogP contribution in [-0.4, -0.2) is 57.8 Å². The van der Waals surface area contributed by atoms with Gasteiger partial charge in [-0.25, -0.2) is 4.98 Å². The van der Waals surface area contributed by atoms with Gasteiger partial charge in [0.15, 0.2) is 0 Å². The first kappa shape index (κ1) is 14.1. The number of imidazole rings is 1. The van der Waals surface area contributed by atoms with E-state index in [1.807, 2.05) is 30.9 Å². The highest BCUT2D eigenvalue weighted by Crippen LogP contribution is 2.40. The number of hydrogen-bond donors (Lipinski definition) is 0. The average molecular weight is 290 g/mol. The molecule has 3 atom stereocenters. The molecular formula is C15H22N4O2. The van der Waals surface area contributed by atoms with Gasteiger partial charge in [-0.15, -0.1) is 0 Å². The number of fused-ring (bicyclic) bond motifs is 1. The number of aromatic nitrogens is 2. The van der Waals surface area contributed by atoms with E-state index in [9.17, 15) is 9.59 Å². The minimum Gasteiger partial charge on any atom is -0.345 e. The Kier molecular flexibility index (Phi) is 3.47. The minimum absolute atomic E-state index is 0.0288. The smallest absolute Gasteiger partial charge is 0.274 e. The Morgan fingerprint density at radius 3 is 2.71 bits per heavy atom. The molecule has 2 amide bonds. The Morgan fingerprint density at radius 1 is 1.33 bits per heavy atom. The van der Waals surface area contributed by atoms with Gasteiger partial charge in [0.05, 0.1) is 6.33 Å². The van der Waals surface area contributed by atoms with Crippen LogP contribution in [0.15, 0.2) is 12.5 Å². The standard InChI is InChI=1S/C15H22N4O2/c1-17-8-13(16-9-17)15(21)19(3)12-4-10-6-14(20)18(2)7-11(10)5-12/h8-12H,4-7H2,1-3H3/t10-,11+,12-/m1/s1. The average Bonchev–Trinajstić information content (AvgIpc) is 3.04. The largest absolute Gasteiger partial charge is 0.345 e. The van der Waals surface area contributed by atoms with E-state index in [4.69, 9.17) is 0 Å². The van der Waals surface area contributed by atoms with E-state index in [1.54, 1.807) is 17.1 Å². The molecule has 2 fully saturated rings. The molecular weight excluding hydrogens is 268 g/mol. The predicted molar refractivity (Wildman–Crippen MR) is 77.6 cm³/mol. The first-order chi connectivity index (χ1) is 9.95. The lowest BCUT2D eigenvalue weighted by Gasteiger charge is -2.31. The summed E-state index contributed by atoms with van der Waals surface area (Å²) in [6, 6.07) is 0.216. The second-order valence-corrected chi connectivity index (χ2v) is 6.46. The van der Waals surface area contributed by atoms with Gasteiger partial charge in [0.2, 0.25) is 5.91 Å². The number of carbonyl (C=O) groups is 2. The highest BCUT2D eigenvalue weighted by molar-refractivity contribution is 5.92. The summed E-state index contributed by atoms with van der Waals surface area (Å²) in [6.45, 7) is 0.825. The molecule has 114 valence electrons. The lowest BCUT2D eigenvalue weighted by molar-refractivity contribution is -0.134. The molecule has 1 saturated carbocycles. The number of nitrogens with zero attached hydrogens (tertiary/aromatic N) is 4. The zero-order valence-electron chi connectivity index (χ0n) is 12.8. The third-order valence-electron chi connectivity index (χ3n) is 4.98. The second-order valence-electron chi connectivity index (χ2n) is 6.46. The molecule has 0 radical (unpaired) electrons. The summed E-state index contributed by atoms with van der Waals surface area (Å²) in [4.78, 5) is 32.0. The number of likely N-dealkylation sites (tertiary alicyclic amines) is 1. The summed E-state index contributed by atoms with van der Waals surface area (Å²) < 4.78 is 1.78. The van der Waals surface area contributed by atoms with Crippen molar-refractivity contribution in [2.45, 2.75) is 25.3 Å². The molecule has 0 spiro atoms. The van der Waals surface area contributed by atoms with Crippen molar-refractivity contribution in [3.05, 3.63) is 18.2 Å². The van der Waals surface area contributed by atoms with Gasteiger partial charge in [0, 0.05) is 46.3 Å². The van der Waals surface area contributed by atoms with Gasteiger partial charge in [-0.1, -0.05) is 0 Å². The maximum absolute atomic E-state index is 12.5. The van der Waals surface area contributed by atoms with Crippen LogP contribution in [0.4, 0.5) is 0 Å². The number of carbonyl (C=O) groups excluding carboxylic acids is 2. The first-order valence-corrected chi connectivity index (χ1v) is 7.44. The highest BCUT2D eigenvalue weighted by atomic mass is 16.2. The van der Waals surface area contributed by atoms with E-state index < -0.39 is 0 Å². The van der Waals surface area contributed by atoms with E-state index in [-0.39, 0.29) is 17.9 Å². The molecule has 0 N–H and O–H groups in total. The first-order valence-electron chi connectivity index (χ1n) is 7.44. The van der Waals surface area contributed by atoms with Crippen LogP contribution in [0.2, 0.25) is 0 Å². The van der Waals surface area contributed by atoms with Gasteiger partial charge < -0.3 is 14.4 Å². The topological polar surface area (TPSA) is 58.4 Å². The summed E-state index contributed by atoms with van der Waals surface area (Å²) >= 11 is 0. The SMILES string of the molecule is CN1C[C@@H]2C[C@H](N(C)C(=O)c3cn(C)cn3)C[C@@H]2CC1=O. The molecule has 1 aromatic heterocycles. The fourth-order valence-corrected chi connectivity index (χ4v) is 3.67. The molecule has 2 aliphatic rings. The molecule has 0 aromatic carbocycles. The number of amides is 2. The molecule has 1 aliphatic heterocycles. The molecule has 2 heterocycles. The summed E-state index contributed by atoms with van der Waals surface area (Å²) in [5.74, 6) is 1.16. The number of hydrogen-bond acceptors (Lipinski definition) is 3. The zero-order chi connectivity index (χ0) is 15.1. The van der Waals surface area contributed by atoms with E-state index in [1.165, 1.54) is 0 Å². The van der Waals surface area contributed by atoms with Crippen LogP contribution < -0.4 is 0 Å². The van der Waals surface area contributed by atoms with Crippen LogP contribution in [0.3, 0.4) is 0 Å². The minimum atomic E-state index is -0.0288. The Labute approximate surface area is 124 Å². The van der Waals surface area contributed by atoms with Crippen molar-refractivity contribution in [1.82, 2.24) is 19.4 Å². The third-order valence-corrected chi connectivity index (χ3v) is 4.98. The maximum atomic E-state index is 12.5. The molecule has 6 heteroatoms. The Bertz CT molecular complexity index is 568. The molecule has 3 rings (SSSR count). The zero-order valence-corrected chi connectivity index (χ0v) is 12.8. The van der Waals surface area contributed by atoms with Crippen molar-refractivity contribution in [2.75, 3.05) is 20.6 Å². The Morgan fingerprint density at radius 2 is 2.05 bits per heavy atom. The van der Waals surface area contributed by atoms with Gasteiger partial charge in [0.25, 0.3) is 5.91 Å². The number of piperidine rings is 1. The van der Waals surface area contributed by atoms with Gasteiger partial charge >= 0.3 is 0 Å². The van der Waals surface area contributed by atoms with Gasteiger partial charge in [0.1, 0.15) is 5.69 Å². The lowest BCUT2D eigenvalue weighted by Crippen LogP contribution is -2.40. The van der Waals surface area contributed by atoms with Gasteiger partial charge in [-0.3, -0.25) is 9.59 Å². The third kappa shape index (κ3) is 2.54. The molecule has 6 nitrogen and oxygen atoms in total. The molecule has 1 aromatic rings. The van der Waals surface area contributed by atoms with E-state index in [0.717, 1.165) is 19.4 Å². The molecule has 0 bridgehead atoms. The van der Waals surface area contributed by atoms with Crippen LogP contribution in [0.5, 0.6) is 0 Å². The monoisotopic (exact) mass is 290 g/mol. The highest BCUT2D eigenvalue weighted by Gasteiger charge is 2.42. The quantitative estimate of drug-likeness (QED) is 0.807. The summed E-state index contributed by atoms with van der Waals surface area (Å²) in [5, 5.41) is 0. The number of rotatable bonds is 2. The fraction of sp³-hybridized carbons (Fsp3) is 0.667. The van der Waals surface area contributed by atoms with Crippen molar-refractivity contribution in [3.8, 4) is 0 Å². The fourth-order valence-electron chi connectivity index (χ4n) is 3.67. The molecule has 0 unspecified atom stereocenters. The van der Waals surface area contributed by atoms with Crippen LogP contribution >= 0.6 is 0 Å². The van der Waals surface area contributed by atoms with Gasteiger partial charge in [-0.2, -0.15) is 0 Å². The lowest BCUT2D eigenvalue weighted by atomic mass is 9.88. The van der Waals surface area contributed by atoms with Crippen molar-refractivity contribution in [1.29, 1.82) is 0 Å². The van der Waals surface area contributed by atoms with Crippen LogP contribution in [0.25, 0.3) is 0 Å². The number of aryl methyl sites for hydroxylation is 1. The summed E-state index contributed by atoms with van der Waals surface area (Å²) in [5.41, 5.74) is 0.489. The van der Waals surface area contributed by atoms with Crippen molar-refractivity contribution in [2.24, 2.45) is 18.9 Å². The normalized spacial score (nSPS) is 28.6. The van der Waals surface area contributed by atoms with Crippen LogP contribution in [0, 0.1) is 11.8 Å². The van der Waals surface area contributed by atoms with E-state index >= 15 is 0 Å². The summed E-state index contributed by atoms with van der Waals surface area (Å²) in [7, 11) is 5.58. The van der Waals surface area contributed by atoms with Crippen LogP contribution in [0.1, 0.15) is 29.8 Å². The van der Waals surface area contributed by atoms with E-state index in [0.29, 0.717) is 24.0 Å². The molecule has 1 saturated heterocycles. The van der Waals surface area contributed by atoms with Crippen molar-refractivity contribution < 1.29 is 9.59 Å². The molecule has 21 heavy (non-hydrogen) atoms. The van der Waals surface area contributed by atoms with E-state index in [2.05, 4.69) is 4.98 Å². The van der Waals surface area contributed by atoms with Crippen molar-refractivity contribution in [3.63, 3.8) is 0 Å². The maximum Gasteiger partial charge on any atom is 0.274 e. The summed E-state index contributed by atoms with van der Waals surface area (Å²) in [6.07, 6.45) is 5.93. The predicted octanol–water partition coefficient (Wildman–Crippen LogP) is 0.749. The Balaban J connectivity index is 1.68. The second kappa shape index (κ2) is 5.16. The van der Waals surface area contributed by atoms with Gasteiger partial charge in [-0.05, 0) is 24.7 Å².